The van der Waals surface area contributed by atoms with Crippen molar-refractivity contribution in [3.8, 4) is 5.69 Å². The number of amides is 1. The first kappa shape index (κ1) is 23.8. The SMILES string of the molecule is COCC(O)Cn1c(=O)cnn(-c2ccc(C)c(C(=O)NCC3(O)CCCCC3)c2)c1=O. The van der Waals surface area contributed by atoms with E-state index in [0.717, 1.165) is 34.7 Å². The molecule has 1 aromatic carbocycles. The molecule has 1 saturated carbocycles. The maximum absolute atomic E-state index is 12.8. The van der Waals surface area contributed by atoms with Crippen LogP contribution in [0, 0.1) is 6.92 Å². The highest BCUT2D eigenvalue weighted by Crippen LogP contribution is 2.27. The van der Waals surface area contributed by atoms with E-state index in [9.17, 15) is 24.6 Å². The number of hydrogen-bond acceptors (Lipinski definition) is 7. The molecular weight excluding hydrogens is 416 g/mol. The summed E-state index contributed by atoms with van der Waals surface area (Å²) in [7, 11) is 1.41. The molecular formula is C22H30N4O6. The summed E-state index contributed by atoms with van der Waals surface area (Å²) in [6, 6.07) is 4.82. The summed E-state index contributed by atoms with van der Waals surface area (Å²) < 4.78 is 6.72. The van der Waals surface area contributed by atoms with Gasteiger partial charge in [-0.05, 0) is 37.5 Å². The van der Waals surface area contributed by atoms with E-state index < -0.39 is 23.0 Å². The van der Waals surface area contributed by atoms with Crippen LogP contribution in [0.1, 0.15) is 48.0 Å². The number of carbonyl (C=O) groups is 1. The first-order valence-corrected chi connectivity index (χ1v) is 10.7. The van der Waals surface area contributed by atoms with Gasteiger partial charge < -0.3 is 20.3 Å². The second kappa shape index (κ2) is 10.2. The van der Waals surface area contributed by atoms with Gasteiger partial charge in [0.25, 0.3) is 11.5 Å². The topological polar surface area (TPSA) is 136 Å². The first-order valence-electron chi connectivity index (χ1n) is 10.7. The Balaban J connectivity index is 1.86. The largest absolute Gasteiger partial charge is 0.389 e. The van der Waals surface area contributed by atoms with Gasteiger partial charge in [0.05, 0.1) is 30.5 Å². The predicted molar refractivity (Wildman–Crippen MR) is 117 cm³/mol. The number of benzene rings is 1. The Bertz CT molecular complexity index is 1070. The minimum absolute atomic E-state index is 0.0323. The van der Waals surface area contributed by atoms with Gasteiger partial charge in [-0.25, -0.2) is 4.79 Å². The lowest BCUT2D eigenvalue weighted by atomic mass is 9.85. The summed E-state index contributed by atoms with van der Waals surface area (Å²) in [5.74, 6) is -0.361. The van der Waals surface area contributed by atoms with Crippen LogP contribution in [0.3, 0.4) is 0 Å². The number of hydrogen-bond donors (Lipinski definition) is 3. The van der Waals surface area contributed by atoms with E-state index in [-0.39, 0.29) is 25.6 Å². The molecule has 1 fully saturated rings. The van der Waals surface area contributed by atoms with Crippen LogP contribution < -0.4 is 16.6 Å². The number of carbonyl (C=O) groups excluding carboxylic acids is 1. The molecule has 1 atom stereocenters. The Morgan fingerprint density at radius 2 is 2.00 bits per heavy atom. The van der Waals surface area contributed by atoms with Gasteiger partial charge in [-0.15, -0.1) is 0 Å². The molecule has 1 aromatic heterocycles. The van der Waals surface area contributed by atoms with Gasteiger partial charge in [-0.1, -0.05) is 25.3 Å². The monoisotopic (exact) mass is 446 g/mol. The van der Waals surface area contributed by atoms with Crippen molar-refractivity contribution in [1.82, 2.24) is 19.7 Å². The zero-order chi connectivity index (χ0) is 23.3. The highest BCUT2D eigenvalue weighted by atomic mass is 16.5. The Kier molecular flexibility index (Phi) is 7.60. The third kappa shape index (κ3) is 5.50. The van der Waals surface area contributed by atoms with Gasteiger partial charge in [0, 0.05) is 19.2 Å². The zero-order valence-electron chi connectivity index (χ0n) is 18.4. The molecule has 0 bridgehead atoms. The van der Waals surface area contributed by atoms with Crippen molar-refractivity contribution in [1.29, 1.82) is 0 Å². The predicted octanol–water partition coefficient (Wildman–Crippen LogP) is 0.135. The van der Waals surface area contributed by atoms with Crippen molar-refractivity contribution in [3.63, 3.8) is 0 Å². The summed E-state index contributed by atoms with van der Waals surface area (Å²) in [6.45, 7) is 1.66. The average molecular weight is 447 g/mol. The Hall–Kier alpha value is -2.82. The van der Waals surface area contributed by atoms with E-state index in [1.54, 1.807) is 19.1 Å². The van der Waals surface area contributed by atoms with Crippen LogP contribution in [0.4, 0.5) is 0 Å². The van der Waals surface area contributed by atoms with Crippen molar-refractivity contribution in [2.24, 2.45) is 0 Å². The number of methoxy groups -OCH3 is 1. The minimum Gasteiger partial charge on any atom is -0.389 e. The van der Waals surface area contributed by atoms with Gasteiger partial charge >= 0.3 is 5.69 Å². The third-order valence-electron chi connectivity index (χ3n) is 5.79. The molecule has 10 nitrogen and oxygen atoms in total. The Morgan fingerprint density at radius 3 is 2.69 bits per heavy atom. The number of nitrogens with zero attached hydrogens (tertiary/aromatic N) is 3. The van der Waals surface area contributed by atoms with Crippen molar-refractivity contribution >= 4 is 5.91 Å². The molecule has 3 N–H and O–H groups in total. The van der Waals surface area contributed by atoms with E-state index >= 15 is 0 Å². The summed E-state index contributed by atoms with van der Waals surface area (Å²) in [4.78, 5) is 37.8. The fourth-order valence-corrected chi connectivity index (χ4v) is 3.95. The second-order valence-electron chi connectivity index (χ2n) is 8.36. The third-order valence-corrected chi connectivity index (χ3v) is 5.79. The molecule has 10 heteroatoms. The van der Waals surface area contributed by atoms with Crippen LogP contribution in [0.15, 0.2) is 34.0 Å². The summed E-state index contributed by atoms with van der Waals surface area (Å²) in [6.07, 6.45) is 4.22. The van der Waals surface area contributed by atoms with Crippen LogP contribution in [0.25, 0.3) is 5.69 Å². The van der Waals surface area contributed by atoms with E-state index in [0.29, 0.717) is 29.7 Å². The van der Waals surface area contributed by atoms with Gasteiger partial charge in [0.2, 0.25) is 0 Å². The van der Waals surface area contributed by atoms with Crippen molar-refractivity contribution < 1.29 is 19.7 Å². The number of nitrogens with one attached hydrogen (secondary N) is 1. The molecule has 174 valence electrons. The molecule has 0 spiro atoms. The summed E-state index contributed by atoms with van der Waals surface area (Å²) in [5.41, 5.74) is -0.938. The van der Waals surface area contributed by atoms with Crippen LogP contribution >= 0.6 is 0 Å². The molecule has 0 aliphatic heterocycles. The number of aliphatic hydroxyl groups is 2. The molecule has 0 radical (unpaired) electrons. The first-order chi connectivity index (χ1) is 15.2. The number of aryl methyl sites for hydroxylation is 1. The Labute approximate surface area is 185 Å². The molecule has 3 rings (SSSR count). The standard InChI is InChI=1S/C22H30N4O6/c1-15-6-7-16(10-18(15)20(29)23-14-22(31)8-4-3-5-9-22)26-21(30)25(19(28)11-24-26)12-17(27)13-32-2/h6-7,10-11,17,27,31H,3-5,8-9,12-14H2,1-2H3,(H,23,29). The normalized spacial score (nSPS) is 16.5. The maximum Gasteiger partial charge on any atom is 0.352 e. The van der Waals surface area contributed by atoms with Gasteiger partial charge in [-0.3, -0.25) is 14.2 Å². The van der Waals surface area contributed by atoms with Crippen LogP contribution in [0.5, 0.6) is 0 Å². The lowest BCUT2D eigenvalue weighted by Gasteiger charge is -2.32. The van der Waals surface area contributed by atoms with E-state index in [1.165, 1.54) is 13.2 Å². The van der Waals surface area contributed by atoms with Gasteiger partial charge in [0.15, 0.2) is 0 Å². The minimum atomic E-state index is -1.04. The fraction of sp³-hybridized carbons (Fsp3) is 0.545. The number of ether oxygens (including phenoxy) is 1. The molecule has 2 aromatic rings. The molecule has 1 aliphatic carbocycles. The van der Waals surface area contributed by atoms with E-state index in [2.05, 4.69) is 10.4 Å². The number of aromatic nitrogens is 3. The van der Waals surface area contributed by atoms with Gasteiger partial charge in [-0.2, -0.15) is 9.78 Å². The van der Waals surface area contributed by atoms with Crippen molar-refractivity contribution in [3.05, 3.63) is 56.4 Å². The summed E-state index contributed by atoms with van der Waals surface area (Å²) >= 11 is 0. The van der Waals surface area contributed by atoms with Crippen LogP contribution in [0.2, 0.25) is 0 Å². The molecule has 0 saturated heterocycles. The summed E-state index contributed by atoms with van der Waals surface area (Å²) in [5, 5.41) is 27.3. The Morgan fingerprint density at radius 1 is 1.28 bits per heavy atom. The highest BCUT2D eigenvalue weighted by molar-refractivity contribution is 5.96. The van der Waals surface area contributed by atoms with Crippen LogP contribution in [-0.4, -0.2) is 62.4 Å². The van der Waals surface area contributed by atoms with E-state index in [4.69, 9.17) is 4.74 Å². The molecule has 1 unspecified atom stereocenters. The van der Waals surface area contributed by atoms with Crippen LogP contribution in [-0.2, 0) is 11.3 Å². The lowest BCUT2D eigenvalue weighted by molar-refractivity contribution is 0.00525. The lowest BCUT2D eigenvalue weighted by Crippen LogP contribution is -2.44. The van der Waals surface area contributed by atoms with Gasteiger partial charge in [0.1, 0.15) is 6.20 Å². The second-order valence-corrected chi connectivity index (χ2v) is 8.36. The average Bonchev–Trinajstić information content (AvgIpc) is 2.76. The molecule has 1 aliphatic rings. The smallest absolute Gasteiger partial charge is 0.352 e. The maximum atomic E-state index is 12.8. The van der Waals surface area contributed by atoms with E-state index in [1.807, 2.05) is 0 Å². The number of rotatable bonds is 8. The fourth-order valence-electron chi connectivity index (χ4n) is 3.95. The quantitative estimate of drug-likeness (QED) is 0.525. The number of aliphatic hydroxyl groups excluding tert-OH is 1. The van der Waals surface area contributed by atoms with Crippen molar-refractivity contribution in [2.75, 3.05) is 20.3 Å². The zero-order valence-corrected chi connectivity index (χ0v) is 18.4. The highest BCUT2D eigenvalue weighted by Gasteiger charge is 2.29. The molecule has 1 heterocycles. The molecule has 32 heavy (non-hydrogen) atoms. The van der Waals surface area contributed by atoms with Crippen molar-refractivity contribution in [2.45, 2.75) is 57.3 Å². The molecule has 1 amide bonds.